The minimum atomic E-state index is -1.07. The lowest BCUT2D eigenvalue weighted by Gasteiger charge is -2.05. The van der Waals surface area contributed by atoms with Gasteiger partial charge in [-0.2, -0.15) is 0 Å². The Morgan fingerprint density at radius 3 is 2.79 bits per heavy atom. The van der Waals surface area contributed by atoms with Crippen LogP contribution in [0.4, 0.5) is 5.69 Å². The first-order chi connectivity index (χ1) is 6.69. The van der Waals surface area contributed by atoms with E-state index in [-0.39, 0.29) is 17.0 Å². The van der Waals surface area contributed by atoms with Crippen molar-refractivity contribution in [3.8, 4) is 5.75 Å². The van der Waals surface area contributed by atoms with Crippen molar-refractivity contribution >= 4 is 11.7 Å². The highest BCUT2D eigenvalue weighted by molar-refractivity contribution is 5.88. The standard InChI is InChI=1S/C9H9NO4/c1-2-14-8-5-6(9(11)12)3-4-7(8)10-13/h3-5H,2H2,1H3,(H,11,12). The molecule has 1 rings (SSSR count). The molecule has 0 aliphatic rings. The van der Waals surface area contributed by atoms with E-state index in [0.717, 1.165) is 0 Å². The number of carbonyl (C=O) groups is 1. The highest BCUT2D eigenvalue weighted by atomic mass is 16.5. The molecule has 0 aliphatic heterocycles. The number of hydrogen-bond acceptors (Lipinski definition) is 4. The van der Waals surface area contributed by atoms with Gasteiger partial charge in [0.05, 0.1) is 12.2 Å². The van der Waals surface area contributed by atoms with Gasteiger partial charge in [0.15, 0.2) is 0 Å². The van der Waals surface area contributed by atoms with E-state index < -0.39 is 5.97 Å². The number of hydrogen-bond donors (Lipinski definition) is 1. The van der Waals surface area contributed by atoms with Crippen LogP contribution in [-0.2, 0) is 0 Å². The molecule has 5 heteroatoms. The molecule has 0 aromatic heterocycles. The van der Waals surface area contributed by atoms with Gasteiger partial charge in [0.1, 0.15) is 11.4 Å². The first-order valence-corrected chi connectivity index (χ1v) is 4.02. The molecule has 0 heterocycles. The zero-order chi connectivity index (χ0) is 10.6. The summed E-state index contributed by atoms with van der Waals surface area (Å²) in [6, 6.07) is 3.91. The molecule has 0 atom stereocenters. The molecule has 0 bridgehead atoms. The average Bonchev–Trinajstić information content (AvgIpc) is 2.18. The summed E-state index contributed by atoms with van der Waals surface area (Å²) in [6.45, 7) is 2.09. The van der Waals surface area contributed by atoms with Crippen molar-refractivity contribution in [3.05, 3.63) is 28.7 Å². The Labute approximate surface area is 80.3 Å². The molecule has 0 amide bonds. The van der Waals surface area contributed by atoms with Gasteiger partial charge in [0.2, 0.25) is 0 Å². The van der Waals surface area contributed by atoms with E-state index in [1.807, 2.05) is 0 Å². The maximum atomic E-state index is 10.6. The highest BCUT2D eigenvalue weighted by Gasteiger charge is 2.09. The number of rotatable bonds is 4. The van der Waals surface area contributed by atoms with Gasteiger partial charge in [-0.1, -0.05) is 0 Å². The molecule has 14 heavy (non-hydrogen) atoms. The summed E-state index contributed by atoms with van der Waals surface area (Å²) in [5.74, 6) is -0.870. The second-order valence-electron chi connectivity index (χ2n) is 2.51. The van der Waals surface area contributed by atoms with Crippen molar-refractivity contribution in [2.45, 2.75) is 6.92 Å². The minimum absolute atomic E-state index is 0.0702. The summed E-state index contributed by atoms with van der Waals surface area (Å²) in [5.41, 5.74) is 0.178. The van der Waals surface area contributed by atoms with Crippen LogP contribution in [0.2, 0.25) is 0 Å². The third-order valence-corrected chi connectivity index (χ3v) is 1.60. The van der Waals surface area contributed by atoms with Gasteiger partial charge in [-0.15, -0.1) is 4.91 Å². The molecule has 1 N–H and O–H groups in total. The van der Waals surface area contributed by atoms with Gasteiger partial charge in [0, 0.05) is 0 Å². The zero-order valence-electron chi connectivity index (χ0n) is 7.56. The van der Waals surface area contributed by atoms with Crippen LogP contribution in [-0.4, -0.2) is 17.7 Å². The van der Waals surface area contributed by atoms with Crippen LogP contribution < -0.4 is 4.74 Å². The fourth-order valence-electron chi connectivity index (χ4n) is 0.994. The van der Waals surface area contributed by atoms with Crippen LogP contribution in [0.5, 0.6) is 5.75 Å². The number of carboxylic acid groups (broad SMARTS) is 1. The lowest BCUT2D eigenvalue weighted by molar-refractivity contribution is 0.0696. The van der Waals surface area contributed by atoms with Gasteiger partial charge in [-0.05, 0) is 30.3 Å². The Morgan fingerprint density at radius 2 is 2.29 bits per heavy atom. The second kappa shape index (κ2) is 4.36. The predicted octanol–water partition coefficient (Wildman–Crippen LogP) is 2.18. The molecule has 1 aromatic carbocycles. The summed E-state index contributed by atoms with van der Waals surface area (Å²) < 4.78 is 5.06. The van der Waals surface area contributed by atoms with Crippen molar-refractivity contribution in [2.75, 3.05) is 6.61 Å². The second-order valence-corrected chi connectivity index (χ2v) is 2.51. The van der Waals surface area contributed by atoms with E-state index in [2.05, 4.69) is 5.18 Å². The lowest BCUT2D eigenvalue weighted by Crippen LogP contribution is -1.98. The smallest absolute Gasteiger partial charge is 0.335 e. The van der Waals surface area contributed by atoms with E-state index in [9.17, 15) is 9.70 Å². The number of aromatic carboxylic acids is 1. The molecule has 0 radical (unpaired) electrons. The molecule has 74 valence electrons. The van der Waals surface area contributed by atoms with Gasteiger partial charge in [-0.3, -0.25) is 0 Å². The summed E-state index contributed by atoms with van der Waals surface area (Å²) >= 11 is 0. The zero-order valence-corrected chi connectivity index (χ0v) is 7.56. The van der Waals surface area contributed by atoms with Crippen LogP contribution in [0, 0.1) is 4.91 Å². The molecule has 5 nitrogen and oxygen atoms in total. The Bertz CT molecular complexity index is 362. The maximum Gasteiger partial charge on any atom is 0.335 e. The van der Waals surface area contributed by atoms with Gasteiger partial charge >= 0.3 is 5.97 Å². The average molecular weight is 195 g/mol. The molecule has 0 fully saturated rings. The van der Waals surface area contributed by atoms with Crippen LogP contribution >= 0.6 is 0 Å². The summed E-state index contributed by atoms with van der Waals surface area (Å²) in [6.07, 6.45) is 0. The maximum absolute atomic E-state index is 10.6. The van der Waals surface area contributed by atoms with Crippen molar-refractivity contribution in [3.63, 3.8) is 0 Å². The number of benzene rings is 1. The molecule has 0 spiro atoms. The molecule has 0 aliphatic carbocycles. The van der Waals surface area contributed by atoms with Crippen molar-refractivity contribution < 1.29 is 14.6 Å². The summed E-state index contributed by atoms with van der Waals surface area (Å²) in [4.78, 5) is 20.9. The Kier molecular flexibility index (Phi) is 3.17. The van der Waals surface area contributed by atoms with Crippen LogP contribution in [0.1, 0.15) is 17.3 Å². The normalized spacial score (nSPS) is 9.50. The topological polar surface area (TPSA) is 76.0 Å². The quantitative estimate of drug-likeness (QED) is 0.747. The van der Waals surface area contributed by atoms with E-state index in [0.29, 0.717) is 6.61 Å². The first-order valence-electron chi connectivity index (χ1n) is 4.02. The lowest BCUT2D eigenvalue weighted by atomic mass is 10.2. The molecule has 0 saturated heterocycles. The number of nitrogens with zero attached hydrogens (tertiary/aromatic N) is 1. The predicted molar refractivity (Wildman–Crippen MR) is 50.0 cm³/mol. The fraction of sp³-hybridized carbons (Fsp3) is 0.222. The molecule has 0 unspecified atom stereocenters. The van der Waals surface area contributed by atoms with Crippen LogP contribution in [0.25, 0.3) is 0 Å². The largest absolute Gasteiger partial charge is 0.491 e. The van der Waals surface area contributed by atoms with E-state index in [1.165, 1.54) is 18.2 Å². The van der Waals surface area contributed by atoms with Crippen molar-refractivity contribution in [2.24, 2.45) is 5.18 Å². The van der Waals surface area contributed by atoms with Crippen LogP contribution in [0.15, 0.2) is 23.4 Å². The number of nitroso groups, excluding NO2 is 1. The minimum Gasteiger partial charge on any atom is -0.491 e. The SMILES string of the molecule is CCOc1cc(C(=O)O)ccc1N=O. The fourth-order valence-corrected chi connectivity index (χ4v) is 0.994. The highest BCUT2D eigenvalue weighted by Crippen LogP contribution is 2.28. The summed E-state index contributed by atoms with van der Waals surface area (Å²) in [5, 5.41) is 11.4. The number of carboxylic acids is 1. The van der Waals surface area contributed by atoms with E-state index in [1.54, 1.807) is 6.92 Å². The van der Waals surface area contributed by atoms with Crippen LogP contribution in [0.3, 0.4) is 0 Å². The van der Waals surface area contributed by atoms with Gasteiger partial charge in [-0.25, -0.2) is 4.79 Å². The number of ether oxygens (including phenoxy) is 1. The molecular formula is C9H9NO4. The van der Waals surface area contributed by atoms with E-state index in [4.69, 9.17) is 9.84 Å². The Hall–Kier alpha value is -1.91. The Morgan fingerprint density at radius 1 is 1.57 bits per heavy atom. The van der Waals surface area contributed by atoms with Gasteiger partial charge in [0.25, 0.3) is 0 Å². The monoisotopic (exact) mass is 195 g/mol. The Balaban J connectivity index is 3.13. The molecule has 1 aromatic rings. The third-order valence-electron chi connectivity index (χ3n) is 1.60. The molecular weight excluding hydrogens is 186 g/mol. The van der Waals surface area contributed by atoms with Gasteiger partial charge < -0.3 is 9.84 Å². The third kappa shape index (κ3) is 2.07. The molecule has 0 saturated carbocycles. The van der Waals surface area contributed by atoms with E-state index >= 15 is 0 Å². The van der Waals surface area contributed by atoms with Crippen molar-refractivity contribution in [1.29, 1.82) is 0 Å². The van der Waals surface area contributed by atoms with Crippen molar-refractivity contribution in [1.82, 2.24) is 0 Å². The summed E-state index contributed by atoms with van der Waals surface area (Å²) in [7, 11) is 0. The first kappa shape index (κ1) is 10.2.